The second kappa shape index (κ2) is 11.0. The minimum absolute atomic E-state index is 0.0124. The summed E-state index contributed by atoms with van der Waals surface area (Å²) in [5.41, 5.74) is 1.43. The first kappa shape index (κ1) is 23.6. The van der Waals surface area contributed by atoms with Crippen molar-refractivity contribution in [1.82, 2.24) is 14.9 Å². The molecule has 1 fully saturated rings. The second-order valence-electron chi connectivity index (χ2n) is 7.72. The van der Waals surface area contributed by atoms with Crippen LogP contribution in [0.1, 0.15) is 26.8 Å². The van der Waals surface area contributed by atoms with Crippen molar-refractivity contribution >= 4 is 27.3 Å². The molecule has 0 radical (unpaired) electrons. The van der Waals surface area contributed by atoms with Crippen molar-refractivity contribution in [1.29, 1.82) is 0 Å². The SMILES string of the molecule is O=C(NCC(c1ccccc1)N1CCOCC1)c1cccc(S(=O)(=O)NCc2cccs2)c1. The molecular weight excluding hydrogens is 458 g/mol. The van der Waals surface area contributed by atoms with E-state index in [9.17, 15) is 13.2 Å². The molecule has 0 bridgehead atoms. The van der Waals surface area contributed by atoms with Crippen LogP contribution in [0.2, 0.25) is 0 Å². The van der Waals surface area contributed by atoms with Crippen molar-refractivity contribution in [3.63, 3.8) is 0 Å². The average Bonchev–Trinajstić information content (AvgIpc) is 3.38. The topological polar surface area (TPSA) is 87.7 Å². The molecule has 0 saturated carbocycles. The number of hydrogen-bond acceptors (Lipinski definition) is 6. The number of thiophene rings is 1. The van der Waals surface area contributed by atoms with Gasteiger partial charge in [-0.2, -0.15) is 0 Å². The Labute approximate surface area is 198 Å². The molecule has 7 nitrogen and oxygen atoms in total. The number of benzene rings is 2. The number of nitrogens with zero attached hydrogens (tertiary/aromatic N) is 1. The third-order valence-electron chi connectivity index (χ3n) is 5.55. The van der Waals surface area contributed by atoms with Crippen molar-refractivity contribution < 1.29 is 17.9 Å². The zero-order chi connectivity index (χ0) is 23.1. The number of hydrogen-bond donors (Lipinski definition) is 2. The molecule has 2 N–H and O–H groups in total. The number of morpholine rings is 1. The van der Waals surface area contributed by atoms with Gasteiger partial charge in [-0.05, 0) is 35.2 Å². The summed E-state index contributed by atoms with van der Waals surface area (Å²) >= 11 is 1.48. The summed E-state index contributed by atoms with van der Waals surface area (Å²) in [5.74, 6) is -0.306. The zero-order valence-electron chi connectivity index (χ0n) is 18.1. The molecule has 0 aliphatic carbocycles. The molecule has 1 aliphatic heterocycles. The molecule has 2 aromatic carbocycles. The van der Waals surface area contributed by atoms with E-state index in [0.717, 1.165) is 23.5 Å². The van der Waals surface area contributed by atoms with Crippen molar-refractivity contribution in [2.24, 2.45) is 0 Å². The minimum atomic E-state index is -3.73. The number of nitrogens with one attached hydrogen (secondary N) is 2. The molecule has 1 atom stereocenters. The predicted octanol–water partition coefficient (Wildman–Crippen LogP) is 3.03. The van der Waals surface area contributed by atoms with E-state index in [1.807, 2.05) is 35.7 Å². The lowest BCUT2D eigenvalue weighted by Crippen LogP contribution is -2.43. The largest absolute Gasteiger partial charge is 0.379 e. The van der Waals surface area contributed by atoms with Crippen LogP contribution in [-0.4, -0.2) is 52.1 Å². The van der Waals surface area contributed by atoms with Crippen LogP contribution >= 0.6 is 11.3 Å². The maximum absolute atomic E-state index is 12.9. The third-order valence-corrected chi connectivity index (χ3v) is 7.83. The molecule has 9 heteroatoms. The van der Waals surface area contributed by atoms with Gasteiger partial charge < -0.3 is 10.1 Å². The highest BCUT2D eigenvalue weighted by Crippen LogP contribution is 2.21. The molecule has 0 spiro atoms. The summed E-state index contributed by atoms with van der Waals surface area (Å²) in [5, 5.41) is 4.89. The van der Waals surface area contributed by atoms with Gasteiger partial charge in [-0.15, -0.1) is 11.3 Å². The molecule has 2 heterocycles. The van der Waals surface area contributed by atoms with E-state index in [4.69, 9.17) is 4.74 Å². The lowest BCUT2D eigenvalue weighted by atomic mass is 10.0. The van der Waals surface area contributed by atoms with Crippen molar-refractivity contribution in [3.8, 4) is 0 Å². The molecule has 1 saturated heterocycles. The molecule has 3 aromatic rings. The summed E-state index contributed by atoms with van der Waals surface area (Å²) in [7, 11) is -3.73. The second-order valence-corrected chi connectivity index (χ2v) is 10.5. The molecule has 1 amide bonds. The molecule has 4 rings (SSSR count). The normalized spacial score (nSPS) is 15.8. The van der Waals surface area contributed by atoms with E-state index in [-0.39, 0.29) is 23.4 Å². The Kier molecular flexibility index (Phi) is 7.89. The van der Waals surface area contributed by atoms with Gasteiger partial charge in [0.15, 0.2) is 0 Å². The van der Waals surface area contributed by atoms with Gasteiger partial charge in [-0.1, -0.05) is 42.5 Å². The predicted molar refractivity (Wildman–Crippen MR) is 129 cm³/mol. The number of carbonyl (C=O) groups excluding carboxylic acids is 1. The van der Waals surface area contributed by atoms with Gasteiger partial charge in [0, 0.05) is 36.6 Å². The number of carbonyl (C=O) groups is 1. The molecule has 1 aromatic heterocycles. The van der Waals surface area contributed by atoms with E-state index in [1.54, 1.807) is 12.1 Å². The Hall–Kier alpha value is -2.56. The van der Waals surface area contributed by atoms with Gasteiger partial charge in [0.2, 0.25) is 10.0 Å². The first-order valence-corrected chi connectivity index (χ1v) is 13.2. The van der Waals surface area contributed by atoms with Crippen LogP contribution in [-0.2, 0) is 21.3 Å². The van der Waals surface area contributed by atoms with Crippen LogP contribution in [0.15, 0.2) is 77.0 Å². The van der Waals surface area contributed by atoms with Gasteiger partial charge in [-0.3, -0.25) is 9.69 Å². The summed E-state index contributed by atoms with van der Waals surface area (Å²) < 4.78 is 33.5. The Morgan fingerprint density at radius 1 is 1.03 bits per heavy atom. The zero-order valence-corrected chi connectivity index (χ0v) is 19.8. The van der Waals surface area contributed by atoms with E-state index < -0.39 is 10.0 Å². The quantitative estimate of drug-likeness (QED) is 0.487. The van der Waals surface area contributed by atoms with Gasteiger partial charge >= 0.3 is 0 Å². The number of sulfonamides is 1. The number of amides is 1. The Morgan fingerprint density at radius 2 is 1.82 bits per heavy atom. The van der Waals surface area contributed by atoms with Crippen LogP contribution in [0.25, 0.3) is 0 Å². The Balaban J connectivity index is 1.44. The Morgan fingerprint density at radius 3 is 2.55 bits per heavy atom. The van der Waals surface area contributed by atoms with Gasteiger partial charge in [0.25, 0.3) is 5.91 Å². The first-order valence-electron chi connectivity index (χ1n) is 10.8. The third kappa shape index (κ3) is 6.27. The van der Waals surface area contributed by atoms with E-state index in [2.05, 4.69) is 27.1 Å². The van der Waals surface area contributed by atoms with E-state index in [0.29, 0.717) is 25.3 Å². The van der Waals surface area contributed by atoms with Crippen LogP contribution < -0.4 is 10.0 Å². The average molecular weight is 486 g/mol. The molecule has 33 heavy (non-hydrogen) atoms. The lowest BCUT2D eigenvalue weighted by Gasteiger charge is -2.35. The van der Waals surface area contributed by atoms with Gasteiger partial charge in [-0.25, -0.2) is 13.1 Å². The smallest absolute Gasteiger partial charge is 0.251 e. The molecular formula is C24H27N3O4S2. The van der Waals surface area contributed by atoms with Crippen LogP contribution in [0, 0.1) is 0 Å². The highest BCUT2D eigenvalue weighted by molar-refractivity contribution is 7.89. The maximum Gasteiger partial charge on any atom is 0.251 e. The number of ether oxygens (including phenoxy) is 1. The number of rotatable bonds is 9. The summed E-state index contributed by atoms with van der Waals surface area (Å²) in [6, 6.07) is 19.9. The van der Waals surface area contributed by atoms with Crippen molar-refractivity contribution in [2.75, 3.05) is 32.8 Å². The van der Waals surface area contributed by atoms with Crippen LogP contribution in [0.5, 0.6) is 0 Å². The van der Waals surface area contributed by atoms with Gasteiger partial charge in [0.1, 0.15) is 0 Å². The van der Waals surface area contributed by atoms with Gasteiger partial charge in [0.05, 0.1) is 24.2 Å². The molecule has 1 unspecified atom stereocenters. The summed E-state index contributed by atoms with van der Waals surface area (Å²) in [6.07, 6.45) is 0. The molecule has 174 valence electrons. The fourth-order valence-corrected chi connectivity index (χ4v) is 5.57. The Bertz CT molecular complexity index is 1150. The maximum atomic E-state index is 12.9. The fraction of sp³-hybridized carbons (Fsp3) is 0.292. The van der Waals surface area contributed by atoms with Crippen LogP contribution in [0.4, 0.5) is 0 Å². The monoisotopic (exact) mass is 485 g/mol. The van der Waals surface area contributed by atoms with Crippen molar-refractivity contribution in [2.45, 2.75) is 17.5 Å². The highest BCUT2D eigenvalue weighted by Gasteiger charge is 2.23. The first-order chi connectivity index (χ1) is 16.0. The summed E-state index contributed by atoms with van der Waals surface area (Å²) in [4.78, 5) is 16.2. The van der Waals surface area contributed by atoms with E-state index >= 15 is 0 Å². The van der Waals surface area contributed by atoms with Crippen LogP contribution in [0.3, 0.4) is 0 Å². The minimum Gasteiger partial charge on any atom is -0.379 e. The lowest BCUT2D eigenvalue weighted by molar-refractivity contribution is 0.0162. The van der Waals surface area contributed by atoms with Crippen molar-refractivity contribution in [3.05, 3.63) is 88.1 Å². The fourth-order valence-electron chi connectivity index (χ4n) is 3.78. The van der Waals surface area contributed by atoms with E-state index in [1.165, 1.54) is 23.5 Å². The molecule has 1 aliphatic rings. The summed E-state index contributed by atoms with van der Waals surface area (Å²) in [6.45, 7) is 3.54. The standard InChI is InChI=1S/C24H27N3O4S2/c28-24(25-18-23(19-6-2-1-3-7-19)27-11-13-31-14-12-27)20-8-4-10-22(16-20)33(29,30)26-17-21-9-5-15-32-21/h1-10,15-16,23,26H,11-14,17-18H2,(H,25,28). The highest BCUT2D eigenvalue weighted by atomic mass is 32.2.